The molecular formula is C21H25NO2. The van der Waals surface area contributed by atoms with Crippen LogP contribution >= 0.6 is 0 Å². The van der Waals surface area contributed by atoms with E-state index < -0.39 is 5.97 Å². The Kier molecular flexibility index (Phi) is 5.31. The Labute approximate surface area is 143 Å². The van der Waals surface area contributed by atoms with Crippen LogP contribution in [0.1, 0.15) is 37.8 Å². The van der Waals surface area contributed by atoms with E-state index in [0.29, 0.717) is 12.6 Å². The van der Waals surface area contributed by atoms with Gasteiger partial charge in [0.15, 0.2) is 0 Å². The number of hydrogen-bond donors (Lipinski definition) is 1. The van der Waals surface area contributed by atoms with Crippen molar-refractivity contribution < 1.29 is 9.90 Å². The number of carboxylic acids is 1. The van der Waals surface area contributed by atoms with Gasteiger partial charge in [0.1, 0.15) is 0 Å². The summed E-state index contributed by atoms with van der Waals surface area (Å²) in [4.78, 5) is 13.7. The van der Waals surface area contributed by atoms with Gasteiger partial charge in [-0.3, -0.25) is 9.69 Å². The summed E-state index contributed by atoms with van der Waals surface area (Å²) in [5.41, 5.74) is 3.72. The quantitative estimate of drug-likeness (QED) is 0.874. The molecule has 0 aliphatic carbocycles. The van der Waals surface area contributed by atoms with Crippen LogP contribution in [0.15, 0.2) is 54.6 Å². The van der Waals surface area contributed by atoms with E-state index in [4.69, 9.17) is 0 Å². The van der Waals surface area contributed by atoms with E-state index in [0.717, 1.165) is 25.8 Å². The van der Waals surface area contributed by atoms with Crippen molar-refractivity contribution in [1.29, 1.82) is 0 Å². The Morgan fingerprint density at radius 3 is 2.42 bits per heavy atom. The molecule has 0 aromatic heterocycles. The molecule has 0 saturated carbocycles. The Morgan fingerprint density at radius 1 is 1.12 bits per heavy atom. The average molecular weight is 323 g/mol. The summed E-state index contributed by atoms with van der Waals surface area (Å²) in [6.45, 7) is 3.83. The maximum absolute atomic E-state index is 11.3. The fourth-order valence-corrected chi connectivity index (χ4v) is 3.72. The number of carbonyl (C=O) groups is 1. The van der Waals surface area contributed by atoms with Crippen LogP contribution in [0.4, 0.5) is 0 Å². The van der Waals surface area contributed by atoms with E-state index in [9.17, 15) is 9.90 Å². The molecule has 2 unspecified atom stereocenters. The molecule has 3 rings (SSSR count). The number of benzene rings is 2. The molecule has 1 aliphatic heterocycles. The highest BCUT2D eigenvalue weighted by atomic mass is 16.4. The molecule has 1 heterocycles. The summed E-state index contributed by atoms with van der Waals surface area (Å²) < 4.78 is 0. The Morgan fingerprint density at radius 2 is 1.79 bits per heavy atom. The van der Waals surface area contributed by atoms with Crippen molar-refractivity contribution in [1.82, 2.24) is 4.90 Å². The van der Waals surface area contributed by atoms with E-state index in [-0.39, 0.29) is 5.92 Å². The lowest BCUT2D eigenvalue weighted by Gasteiger charge is -2.37. The van der Waals surface area contributed by atoms with Crippen molar-refractivity contribution >= 4 is 5.97 Å². The Hall–Kier alpha value is -2.13. The predicted octanol–water partition coefficient (Wildman–Crippen LogP) is 4.60. The molecule has 24 heavy (non-hydrogen) atoms. The van der Waals surface area contributed by atoms with Gasteiger partial charge in [0.2, 0.25) is 0 Å². The Bertz CT molecular complexity index is 666. The zero-order valence-corrected chi connectivity index (χ0v) is 14.2. The highest BCUT2D eigenvalue weighted by Gasteiger charge is 2.29. The van der Waals surface area contributed by atoms with E-state index >= 15 is 0 Å². The summed E-state index contributed by atoms with van der Waals surface area (Å²) >= 11 is 0. The van der Waals surface area contributed by atoms with Gasteiger partial charge in [-0.15, -0.1) is 0 Å². The first-order valence-corrected chi connectivity index (χ1v) is 8.81. The molecule has 0 bridgehead atoms. The maximum atomic E-state index is 11.3. The SMILES string of the molecule is CCC(c1ccc(-c2ccccc2)cc1)N1CCCC(C(=O)O)C1. The zero-order valence-electron chi connectivity index (χ0n) is 14.2. The first-order valence-electron chi connectivity index (χ1n) is 8.81. The van der Waals surface area contributed by atoms with Gasteiger partial charge in [-0.25, -0.2) is 0 Å². The smallest absolute Gasteiger partial charge is 0.307 e. The average Bonchev–Trinajstić information content (AvgIpc) is 2.64. The van der Waals surface area contributed by atoms with Crippen LogP contribution in [-0.2, 0) is 4.79 Å². The predicted molar refractivity (Wildman–Crippen MR) is 96.8 cm³/mol. The molecule has 1 fully saturated rings. The van der Waals surface area contributed by atoms with Crippen molar-refractivity contribution in [2.75, 3.05) is 13.1 Å². The van der Waals surface area contributed by atoms with Crippen molar-refractivity contribution in [3.63, 3.8) is 0 Å². The fraction of sp³-hybridized carbons (Fsp3) is 0.381. The second kappa shape index (κ2) is 7.63. The Balaban J connectivity index is 1.77. The molecule has 0 amide bonds. The minimum atomic E-state index is -0.658. The molecule has 2 atom stereocenters. The fourth-order valence-electron chi connectivity index (χ4n) is 3.72. The summed E-state index contributed by atoms with van der Waals surface area (Å²) in [6.07, 6.45) is 2.77. The number of rotatable bonds is 5. The molecule has 1 saturated heterocycles. The topological polar surface area (TPSA) is 40.5 Å². The van der Waals surface area contributed by atoms with E-state index in [1.54, 1.807) is 0 Å². The third-order valence-electron chi connectivity index (χ3n) is 5.03. The molecule has 126 valence electrons. The van der Waals surface area contributed by atoms with Crippen molar-refractivity contribution in [3.05, 3.63) is 60.2 Å². The zero-order chi connectivity index (χ0) is 16.9. The van der Waals surface area contributed by atoms with Crippen LogP contribution in [0.5, 0.6) is 0 Å². The van der Waals surface area contributed by atoms with Crippen molar-refractivity contribution in [2.24, 2.45) is 5.92 Å². The number of carboxylic acid groups (broad SMARTS) is 1. The monoisotopic (exact) mass is 323 g/mol. The van der Waals surface area contributed by atoms with E-state index in [2.05, 4.69) is 60.4 Å². The summed E-state index contributed by atoms with van der Waals surface area (Å²) in [6, 6.07) is 19.4. The van der Waals surface area contributed by atoms with Crippen LogP contribution in [0.3, 0.4) is 0 Å². The standard InChI is InChI=1S/C21H25NO2/c1-2-20(22-14-6-9-19(15-22)21(23)24)18-12-10-17(11-13-18)16-7-4-3-5-8-16/h3-5,7-8,10-13,19-20H,2,6,9,14-15H2,1H3,(H,23,24). The molecule has 3 nitrogen and oxygen atoms in total. The third kappa shape index (κ3) is 3.68. The van der Waals surface area contributed by atoms with Gasteiger partial charge in [-0.1, -0.05) is 61.5 Å². The van der Waals surface area contributed by atoms with Crippen molar-refractivity contribution in [2.45, 2.75) is 32.2 Å². The molecular weight excluding hydrogens is 298 g/mol. The molecule has 1 aliphatic rings. The molecule has 3 heteroatoms. The summed E-state index contributed by atoms with van der Waals surface area (Å²) in [5, 5.41) is 9.32. The molecule has 0 spiro atoms. The highest BCUT2D eigenvalue weighted by molar-refractivity contribution is 5.70. The number of nitrogens with zero attached hydrogens (tertiary/aromatic N) is 1. The van der Waals surface area contributed by atoms with Gasteiger partial charge in [0, 0.05) is 12.6 Å². The van der Waals surface area contributed by atoms with Crippen LogP contribution in [0.25, 0.3) is 11.1 Å². The molecule has 0 radical (unpaired) electrons. The normalized spacial score (nSPS) is 19.8. The third-order valence-corrected chi connectivity index (χ3v) is 5.03. The van der Waals surface area contributed by atoms with E-state index in [1.165, 1.54) is 16.7 Å². The summed E-state index contributed by atoms with van der Waals surface area (Å²) in [5.74, 6) is -0.884. The molecule has 2 aromatic rings. The van der Waals surface area contributed by atoms with Crippen LogP contribution in [0, 0.1) is 5.92 Å². The maximum Gasteiger partial charge on any atom is 0.307 e. The lowest BCUT2D eigenvalue weighted by atomic mass is 9.93. The largest absolute Gasteiger partial charge is 0.481 e. The van der Waals surface area contributed by atoms with Gasteiger partial charge in [-0.2, -0.15) is 0 Å². The van der Waals surface area contributed by atoms with Crippen LogP contribution < -0.4 is 0 Å². The molecule has 1 N–H and O–H groups in total. The molecule has 2 aromatic carbocycles. The number of likely N-dealkylation sites (tertiary alicyclic amines) is 1. The lowest BCUT2D eigenvalue weighted by Crippen LogP contribution is -2.40. The minimum absolute atomic E-state index is 0.226. The second-order valence-electron chi connectivity index (χ2n) is 6.58. The number of aliphatic carboxylic acids is 1. The second-order valence-corrected chi connectivity index (χ2v) is 6.58. The van der Waals surface area contributed by atoms with E-state index in [1.807, 2.05) is 6.07 Å². The number of piperidine rings is 1. The van der Waals surface area contributed by atoms with Gasteiger partial charge in [0.25, 0.3) is 0 Å². The van der Waals surface area contributed by atoms with Gasteiger partial charge in [-0.05, 0) is 42.5 Å². The first-order chi connectivity index (χ1) is 11.7. The van der Waals surface area contributed by atoms with Crippen LogP contribution in [0.2, 0.25) is 0 Å². The van der Waals surface area contributed by atoms with Crippen LogP contribution in [-0.4, -0.2) is 29.1 Å². The van der Waals surface area contributed by atoms with Crippen molar-refractivity contribution in [3.8, 4) is 11.1 Å². The van der Waals surface area contributed by atoms with Gasteiger partial charge < -0.3 is 5.11 Å². The summed E-state index contributed by atoms with van der Waals surface area (Å²) in [7, 11) is 0. The highest BCUT2D eigenvalue weighted by Crippen LogP contribution is 2.31. The number of hydrogen-bond acceptors (Lipinski definition) is 2. The first kappa shape index (κ1) is 16.7. The minimum Gasteiger partial charge on any atom is -0.481 e. The lowest BCUT2D eigenvalue weighted by molar-refractivity contribution is -0.144. The van der Waals surface area contributed by atoms with Gasteiger partial charge >= 0.3 is 5.97 Å². The van der Waals surface area contributed by atoms with Gasteiger partial charge in [0.05, 0.1) is 5.92 Å².